The van der Waals surface area contributed by atoms with Crippen LogP contribution in [0.25, 0.3) is 0 Å². The Bertz CT molecular complexity index is 825. The van der Waals surface area contributed by atoms with Crippen molar-refractivity contribution >= 4 is 17.5 Å². The second-order valence-electron chi connectivity index (χ2n) is 6.95. The molecule has 2 amide bonds. The lowest BCUT2D eigenvalue weighted by molar-refractivity contribution is 0.0673. The third-order valence-electron chi connectivity index (χ3n) is 5.02. The molecule has 29 heavy (non-hydrogen) atoms. The number of nitrogens with zero attached hydrogens (tertiary/aromatic N) is 1. The van der Waals surface area contributed by atoms with Crippen LogP contribution in [-0.4, -0.2) is 49.1 Å². The Morgan fingerprint density at radius 2 is 1.83 bits per heavy atom. The average molecular weight is 396 g/mol. The van der Waals surface area contributed by atoms with E-state index in [4.69, 9.17) is 9.47 Å². The van der Waals surface area contributed by atoms with Crippen molar-refractivity contribution in [2.24, 2.45) is 0 Å². The Morgan fingerprint density at radius 1 is 1.10 bits per heavy atom. The van der Waals surface area contributed by atoms with Crippen LogP contribution in [0.15, 0.2) is 48.5 Å². The first kappa shape index (κ1) is 20.9. The van der Waals surface area contributed by atoms with Gasteiger partial charge in [0.15, 0.2) is 0 Å². The maximum atomic E-state index is 12.8. The number of nitrogens with one attached hydrogen (secondary N) is 1. The minimum atomic E-state index is -0.254. The van der Waals surface area contributed by atoms with Gasteiger partial charge in [-0.3, -0.25) is 9.59 Å². The van der Waals surface area contributed by atoms with Crippen LogP contribution < -0.4 is 10.1 Å². The first-order valence-corrected chi connectivity index (χ1v) is 10.2. The molecule has 1 fully saturated rings. The van der Waals surface area contributed by atoms with Crippen molar-refractivity contribution in [2.45, 2.75) is 32.8 Å². The van der Waals surface area contributed by atoms with Gasteiger partial charge in [-0.1, -0.05) is 12.1 Å². The topological polar surface area (TPSA) is 67.9 Å². The monoisotopic (exact) mass is 396 g/mol. The third-order valence-corrected chi connectivity index (χ3v) is 5.02. The van der Waals surface area contributed by atoms with Crippen LogP contribution in [0.2, 0.25) is 0 Å². The summed E-state index contributed by atoms with van der Waals surface area (Å²) in [6.07, 6.45) is 2.11. The van der Waals surface area contributed by atoms with Crippen molar-refractivity contribution in [1.82, 2.24) is 4.90 Å². The zero-order chi connectivity index (χ0) is 20.6. The van der Waals surface area contributed by atoms with Crippen molar-refractivity contribution in [1.29, 1.82) is 0 Å². The van der Waals surface area contributed by atoms with Gasteiger partial charge in [0.25, 0.3) is 11.8 Å². The molecule has 154 valence electrons. The van der Waals surface area contributed by atoms with Crippen molar-refractivity contribution in [2.75, 3.05) is 31.6 Å². The van der Waals surface area contributed by atoms with Gasteiger partial charge in [-0.05, 0) is 63.1 Å². The highest BCUT2D eigenvalue weighted by molar-refractivity contribution is 6.06. The molecule has 0 aromatic heterocycles. The normalized spacial score (nSPS) is 15.7. The van der Waals surface area contributed by atoms with E-state index in [9.17, 15) is 9.59 Å². The Kier molecular flexibility index (Phi) is 7.25. The van der Waals surface area contributed by atoms with Crippen molar-refractivity contribution in [3.63, 3.8) is 0 Å². The van der Waals surface area contributed by atoms with E-state index < -0.39 is 0 Å². The largest absolute Gasteiger partial charge is 0.490 e. The van der Waals surface area contributed by atoms with Gasteiger partial charge < -0.3 is 19.7 Å². The fourth-order valence-corrected chi connectivity index (χ4v) is 3.33. The number of hydrogen-bond donors (Lipinski definition) is 1. The molecular formula is C23H28N2O4. The number of rotatable bonds is 8. The van der Waals surface area contributed by atoms with Gasteiger partial charge in [0, 0.05) is 30.9 Å². The molecule has 0 saturated carbocycles. The molecule has 2 aromatic carbocycles. The highest BCUT2D eigenvalue weighted by Crippen LogP contribution is 2.22. The minimum Gasteiger partial charge on any atom is -0.490 e. The molecule has 6 nitrogen and oxygen atoms in total. The minimum absolute atomic E-state index is 0.0132. The van der Waals surface area contributed by atoms with Crippen LogP contribution >= 0.6 is 0 Å². The Hall–Kier alpha value is -2.86. The molecule has 0 aliphatic carbocycles. The predicted octanol–water partition coefficient (Wildman–Crippen LogP) is 3.98. The molecule has 1 aliphatic rings. The Balaban J connectivity index is 1.65. The van der Waals surface area contributed by atoms with Crippen molar-refractivity contribution in [3.8, 4) is 5.75 Å². The van der Waals surface area contributed by atoms with Crippen LogP contribution in [0.3, 0.4) is 0 Å². The molecule has 0 bridgehead atoms. The molecule has 1 N–H and O–H groups in total. The number of ether oxygens (including phenoxy) is 2. The van der Waals surface area contributed by atoms with Crippen molar-refractivity contribution < 1.29 is 19.1 Å². The van der Waals surface area contributed by atoms with Gasteiger partial charge in [0.05, 0.1) is 11.7 Å². The molecule has 6 heteroatoms. The fourth-order valence-electron chi connectivity index (χ4n) is 3.33. The van der Waals surface area contributed by atoms with Crippen LogP contribution in [0.1, 0.15) is 47.4 Å². The lowest BCUT2D eigenvalue weighted by atomic mass is 10.1. The molecule has 3 rings (SSSR count). The van der Waals surface area contributed by atoms with Gasteiger partial charge in [0.2, 0.25) is 0 Å². The first-order valence-electron chi connectivity index (χ1n) is 10.2. The van der Waals surface area contributed by atoms with E-state index in [1.54, 1.807) is 47.4 Å². The van der Waals surface area contributed by atoms with E-state index in [2.05, 4.69) is 5.32 Å². The molecular weight excluding hydrogens is 368 g/mol. The number of para-hydroxylation sites is 1. The summed E-state index contributed by atoms with van der Waals surface area (Å²) in [5.74, 6) is 0.269. The van der Waals surface area contributed by atoms with Crippen molar-refractivity contribution in [3.05, 3.63) is 59.7 Å². The van der Waals surface area contributed by atoms with Crippen LogP contribution in [-0.2, 0) is 4.74 Å². The number of carbonyl (C=O) groups is 2. The zero-order valence-electron chi connectivity index (χ0n) is 17.0. The highest BCUT2D eigenvalue weighted by atomic mass is 16.5. The smallest absolute Gasteiger partial charge is 0.259 e. The summed E-state index contributed by atoms with van der Waals surface area (Å²) in [5, 5.41) is 2.87. The molecule has 0 spiro atoms. The number of amides is 2. The Morgan fingerprint density at radius 3 is 2.48 bits per heavy atom. The van der Waals surface area contributed by atoms with Gasteiger partial charge in [0.1, 0.15) is 12.4 Å². The van der Waals surface area contributed by atoms with E-state index in [1.165, 1.54) is 0 Å². The van der Waals surface area contributed by atoms with Gasteiger partial charge in [-0.25, -0.2) is 0 Å². The molecule has 0 radical (unpaired) electrons. The molecule has 1 aliphatic heterocycles. The summed E-state index contributed by atoms with van der Waals surface area (Å²) in [6, 6.07) is 14.1. The molecule has 1 atom stereocenters. The van der Waals surface area contributed by atoms with E-state index in [1.807, 2.05) is 19.9 Å². The summed E-state index contributed by atoms with van der Waals surface area (Å²) < 4.78 is 11.4. The van der Waals surface area contributed by atoms with Crippen LogP contribution in [0.4, 0.5) is 5.69 Å². The standard InChI is InChI=1S/C23H28N2O4/c1-3-25(4-2)23(27)17-11-13-18(14-12-17)24-22(26)20-9-5-6-10-21(20)29-16-19-8-7-15-28-19/h5-6,9-14,19H,3-4,7-8,15-16H2,1-2H3,(H,24,26)/t19-/m1/s1. The summed E-state index contributed by atoms with van der Waals surface area (Å²) in [4.78, 5) is 26.9. The first-order chi connectivity index (χ1) is 14.1. The zero-order valence-corrected chi connectivity index (χ0v) is 17.0. The lowest BCUT2D eigenvalue weighted by Gasteiger charge is -2.18. The fraction of sp³-hybridized carbons (Fsp3) is 0.391. The van der Waals surface area contributed by atoms with Gasteiger partial charge in [-0.2, -0.15) is 0 Å². The van der Waals surface area contributed by atoms with E-state index >= 15 is 0 Å². The quantitative estimate of drug-likeness (QED) is 0.733. The average Bonchev–Trinajstić information content (AvgIpc) is 3.27. The number of carbonyl (C=O) groups excluding carboxylic acids is 2. The summed E-state index contributed by atoms with van der Waals surface area (Å²) in [5.41, 5.74) is 1.70. The highest BCUT2D eigenvalue weighted by Gasteiger charge is 2.19. The molecule has 1 heterocycles. The van der Waals surface area contributed by atoms with Gasteiger partial charge in [-0.15, -0.1) is 0 Å². The van der Waals surface area contributed by atoms with Gasteiger partial charge >= 0.3 is 0 Å². The molecule has 1 saturated heterocycles. The molecule has 0 unspecified atom stereocenters. The van der Waals surface area contributed by atoms with E-state index in [0.717, 1.165) is 19.4 Å². The number of anilines is 1. The lowest BCUT2D eigenvalue weighted by Crippen LogP contribution is -2.30. The van der Waals surface area contributed by atoms with Crippen LogP contribution in [0.5, 0.6) is 5.75 Å². The summed E-state index contributed by atoms with van der Waals surface area (Å²) in [7, 11) is 0. The summed E-state index contributed by atoms with van der Waals surface area (Å²) >= 11 is 0. The Labute approximate surface area is 171 Å². The third kappa shape index (κ3) is 5.35. The second kappa shape index (κ2) is 10.1. The molecule has 2 aromatic rings. The maximum Gasteiger partial charge on any atom is 0.259 e. The van der Waals surface area contributed by atoms with E-state index in [-0.39, 0.29) is 17.9 Å². The SMILES string of the molecule is CCN(CC)C(=O)c1ccc(NC(=O)c2ccccc2OC[C@H]2CCCO2)cc1. The van der Waals surface area contributed by atoms with E-state index in [0.29, 0.717) is 42.3 Å². The second-order valence-corrected chi connectivity index (χ2v) is 6.95. The predicted molar refractivity (Wildman–Crippen MR) is 113 cm³/mol. The summed E-state index contributed by atoms with van der Waals surface area (Å²) in [6.45, 7) is 6.44. The maximum absolute atomic E-state index is 12.8. The number of benzene rings is 2. The van der Waals surface area contributed by atoms with Crippen LogP contribution in [0, 0.1) is 0 Å². The number of hydrogen-bond acceptors (Lipinski definition) is 4.